The van der Waals surface area contributed by atoms with Gasteiger partial charge in [0.25, 0.3) is 0 Å². The fourth-order valence-corrected chi connectivity index (χ4v) is 3.31. The molecule has 2 rings (SSSR count). The van der Waals surface area contributed by atoms with Gasteiger partial charge < -0.3 is 9.84 Å². The molecule has 5 nitrogen and oxygen atoms in total. The van der Waals surface area contributed by atoms with Crippen LogP contribution in [0, 0.1) is 11.3 Å². The Hall–Kier alpha value is -1.84. The molecular formula is C19H23BrN2O3. The third-order valence-corrected chi connectivity index (χ3v) is 4.34. The quantitative estimate of drug-likeness (QED) is 0.780. The lowest BCUT2D eigenvalue weighted by Gasteiger charge is -2.22. The molecule has 1 heterocycles. The molecule has 2 aromatic rings. The Bertz CT molecular complexity index is 828. The maximum atomic E-state index is 12.9. The topological polar surface area (TPSA) is 75.2 Å². The Morgan fingerprint density at radius 2 is 2.08 bits per heavy atom. The second kappa shape index (κ2) is 7.59. The Labute approximate surface area is 156 Å². The molecule has 1 aromatic heterocycles. The molecule has 6 heteroatoms. The highest BCUT2D eigenvalue weighted by Crippen LogP contribution is 2.33. The standard InChI is InChI=1S/C19H23BrN2O3/c1-12(6-5-7-23)16-10-13-8-15(20)9-14(11-21)17(13)22(16)18(24)25-19(2,3)4/h8-10,12,23H,5-7H2,1-4H3. The zero-order chi connectivity index (χ0) is 18.8. The summed E-state index contributed by atoms with van der Waals surface area (Å²) >= 11 is 3.41. The summed E-state index contributed by atoms with van der Waals surface area (Å²) in [6, 6.07) is 7.68. The Morgan fingerprint density at radius 1 is 1.40 bits per heavy atom. The van der Waals surface area contributed by atoms with Crippen LogP contribution in [0.1, 0.15) is 57.7 Å². The van der Waals surface area contributed by atoms with E-state index in [1.54, 1.807) is 6.07 Å². The number of hydrogen-bond acceptors (Lipinski definition) is 4. The van der Waals surface area contributed by atoms with Crippen LogP contribution in [0.4, 0.5) is 4.79 Å². The first-order valence-corrected chi connectivity index (χ1v) is 9.06. The van der Waals surface area contributed by atoms with Gasteiger partial charge in [0.15, 0.2) is 0 Å². The molecule has 0 bridgehead atoms. The van der Waals surface area contributed by atoms with E-state index in [1.165, 1.54) is 4.57 Å². The monoisotopic (exact) mass is 406 g/mol. The number of hydrogen-bond donors (Lipinski definition) is 1. The molecule has 1 atom stereocenters. The average molecular weight is 407 g/mol. The van der Waals surface area contributed by atoms with Gasteiger partial charge in [-0.1, -0.05) is 22.9 Å². The van der Waals surface area contributed by atoms with Crippen LogP contribution in [0.3, 0.4) is 0 Å². The van der Waals surface area contributed by atoms with E-state index in [0.717, 1.165) is 22.0 Å². The second-order valence-electron chi connectivity index (χ2n) is 7.15. The maximum absolute atomic E-state index is 12.9. The van der Waals surface area contributed by atoms with Crippen molar-refractivity contribution in [1.82, 2.24) is 4.57 Å². The first kappa shape index (κ1) is 19.5. The van der Waals surface area contributed by atoms with Gasteiger partial charge in [-0.3, -0.25) is 0 Å². The minimum atomic E-state index is -0.637. The molecule has 25 heavy (non-hydrogen) atoms. The first-order chi connectivity index (χ1) is 11.7. The van der Waals surface area contributed by atoms with Gasteiger partial charge in [-0.2, -0.15) is 5.26 Å². The van der Waals surface area contributed by atoms with Crippen LogP contribution in [0.2, 0.25) is 0 Å². The lowest BCUT2D eigenvalue weighted by atomic mass is 10.0. The molecule has 134 valence electrons. The molecule has 1 N–H and O–H groups in total. The normalized spacial score (nSPS) is 12.8. The smallest absolute Gasteiger partial charge is 0.419 e. The third kappa shape index (κ3) is 4.42. The van der Waals surface area contributed by atoms with Crippen molar-refractivity contribution in [1.29, 1.82) is 5.26 Å². The van der Waals surface area contributed by atoms with Gasteiger partial charge in [-0.25, -0.2) is 9.36 Å². The number of aromatic nitrogens is 1. The molecule has 0 aliphatic rings. The van der Waals surface area contributed by atoms with Crippen molar-refractivity contribution in [2.75, 3.05) is 6.61 Å². The van der Waals surface area contributed by atoms with Crippen LogP contribution in [-0.4, -0.2) is 28.0 Å². The van der Waals surface area contributed by atoms with E-state index < -0.39 is 11.7 Å². The van der Waals surface area contributed by atoms with Gasteiger partial charge in [-0.15, -0.1) is 0 Å². The zero-order valence-electron chi connectivity index (χ0n) is 15.0. The summed E-state index contributed by atoms with van der Waals surface area (Å²) in [7, 11) is 0. The van der Waals surface area contributed by atoms with Crippen molar-refractivity contribution in [2.45, 2.75) is 52.1 Å². The zero-order valence-corrected chi connectivity index (χ0v) is 16.6. The Morgan fingerprint density at radius 3 is 2.64 bits per heavy atom. The Balaban J connectivity index is 2.68. The highest BCUT2D eigenvalue weighted by Gasteiger charge is 2.26. The molecule has 1 aromatic carbocycles. The fraction of sp³-hybridized carbons (Fsp3) is 0.474. The molecule has 0 radical (unpaired) electrons. The molecule has 0 saturated carbocycles. The van der Waals surface area contributed by atoms with Crippen LogP contribution >= 0.6 is 15.9 Å². The minimum absolute atomic E-state index is 0.0392. The molecule has 0 saturated heterocycles. The lowest BCUT2D eigenvalue weighted by Crippen LogP contribution is -2.28. The SMILES string of the molecule is CC(CCCO)c1cc2cc(Br)cc(C#N)c2n1C(=O)OC(C)(C)C. The predicted octanol–water partition coefficient (Wildman–Crippen LogP) is 4.93. The molecule has 0 spiro atoms. The van der Waals surface area contributed by atoms with E-state index >= 15 is 0 Å². The van der Waals surface area contributed by atoms with Gasteiger partial charge >= 0.3 is 6.09 Å². The van der Waals surface area contributed by atoms with E-state index in [2.05, 4.69) is 22.0 Å². The van der Waals surface area contributed by atoms with Crippen LogP contribution in [0.25, 0.3) is 10.9 Å². The van der Waals surface area contributed by atoms with Gasteiger partial charge in [0, 0.05) is 22.2 Å². The number of carbonyl (C=O) groups is 1. The van der Waals surface area contributed by atoms with Gasteiger partial charge in [0.2, 0.25) is 0 Å². The summed E-state index contributed by atoms with van der Waals surface area (Å²) < 4.78 is 7.86. The number of aliphatic hydroxyl groups is 1. The summed E-state index contributed by atoms with van der Waals surface area (Å²) in [5, 5.41) is 19.4. The van der Waals surface area contributed by atoms with Gasteiger partial charge in [0.05, 0.1) is 11.1 Å². The number of benzene rings is 1. The summed E-state index contributed by atoms with van der Waals surface area (Å²) in [5.41, 5.74) is 1.12. The number of rotatable bonds is 4. The number of ether oxygens (including phenoxy) is 1. The van der Waals surface area contributed by atoms with Crippen LogP contribution in [0.15, 0.2) is 22.7 Å². The largest absolute Gasteiger partial charge is 0.443 e. The van der Waals surface area contributed by atoms with Crippen molar-refractivity contribution in [3.05, 3.63) is 33.9 Å². The van der Waals surface area contributed by atoms with E-state index in [0.29, 0.717) is 17.5 Å². The number of fused-ring (bicyclic) bond motifs is 1. The highest BCUT2D eigenvalue weighted by atomic mass is 79.9. The summed E-state index contributed by atoms with van der Waals surface area (Å²) in [4.78, 5) is 12.9. The molecular weight excluding hydrogens is 384 g/mol. The number of nitriles is 1. The summed E-state index contributed by atoms with van der Waals surface area (Å²) in [6.07, 6.45) is 0.886. The summed E-state index contributed by atoms with van der Waals surface area (Å²) in [6.45, 7) is 7.55. The predicted molar refractivity (Wildman–Crippen MR) is 101 cm³/mol. The van der Waals surface area contributed by atoms with Crippen molar-refractivity contribution in [2.24, 2.45) is 0 Å². The van der Waals surface area contributed by atoms with Crippen LogP contribution in [0.5, 0.6) is 0 Å². The highest BCUT2D eigenvalue weighted by molar-refractivity contribution is 9.10. The number of nitrogens with zero attached hydrogens (tertiary/aromatic N) is 2. The third-order valence-electron chi connectivity index (χ3n) is 3.89. The molecule has 1 unspecified atom stereocenters. The average Bonchev–Trinajstić information content (AvgIpc) is 2.89. The van der Waals surface area contributed by atoms with Gasteiger partial charge in [0.1, 0.15) is 11.7 Å². The minimum Gasteiger partial charge on any atom is -0.443 e. The lowest BCUT2D eigenvalue weighted by molar-refractivity contribution is 0.0538. The number of aliphatic hydroxyl groups excluding tert-OH is 1. The number of halogens is 1. The molecule has 0 aliphatic carbocycles. The molecule has 0 amide bonds. The molecule has 0 aliphatic heterocycles. The second-order valence-corrected chi connectivity index (χ2v) is 8.07. The maximum Gasteiger partial charge on any atom is 0.419 e. The van der Waals surface area contributed by atoms with E-state index in [-0.39, 0.29) is 12.5 Å². The van der Waals surface area contributed by atoms with Gasteiger partial charge in [-0.05, 0) is 57.7 Å². The van der Waals surface area contributed by atoms with Crippen LogP contribution in [-0.2, 0) is 4.74 Å². The summed E-state index contributed by atoms with van der Waals surface area (Å²) in [5.74, 6) is 0.0392. The number of carbonyl (C=O) groups excluding carboxylic acids is 1. The first-order valence-electron chi connectivity index (χ1n) is 8.27. The van der Waals surface area contributed by atoms with E-state index in [1.807, 2.05) is 39.8 Å². The van der Waals surface area contributed by atoms with E-state index in [9.17, 15) is 10.1 Å². The fourth-order valence-electron chi connectivity index (χ4n) is 2.83. The van der Waals surface area contributed by atoms with E-state index in [4.69, 9.17) is 9.84 Å². The van der Waals surface area contributed by atoms with Crippen LogP contribution < -0.4 is 0 Å². The van der Waals surface area contributed by atoms with Crippen molar-refractivity contribution < 1.29 is 14.6 Å². The molecule has 0 fully saturated rings. The van der Waals surface area contributed by atoms with Crippen molar-refractivity contribution in [3.8, 4) is 6.07 Å². The van der Waals surface area contributed by atoms with Crippen molar-refractivity contribution >= 4 is 32.9 Å². The van der Waals surface area contributed by atoms with Crippen molar-refractivity contribution in [3.63, 3.8) is 0 Å². The Kier molecular flexibility index (Phi) is 5.91.